The van der Waals surface area contributed by atoms with E-state index in [1.165, 1.54) is 4.57 Å². The van der Waals surface area contributed by atoms with Crippen LogP contribution < -0.4 is 5.32 Å². The van der Waals surface area contributed by atoms with Gasteiger partial charge in [-0.2, -0.15) is 0 Å². The van der Waals surface area contributed by atoms with Crippen LogP contribution in [0, 0.1) is 23.3 Å². The fourth-order valence-corrected chi connectivity index (χ4v) is 7.76. The lowest BCUT2D eigenvalue weighted by molar-refractivity contribution is -0.262. The van der Waals surface area contributed by atoms with Crippen LogP contribution in [0.5, 0.6) is 0 Å². The molecule has 2 aliphatic rings. The molecule has 9 nitrogen and oxygen atoms in total. The highest BCUT2D eigenvalue weighted by Gasteiger charge is 2.50. The highest BCUT2D eigenvalue weighted by Crippen LogP contribution is 2.47. The summed E-state index contributed by atoms with van der Waals surface area (Å²) in [6.07, 6.45) is -7.75. The molecule has 14 heteroatoms. The van der Waals surface area contributed by atoms with Crippen molar-refractivity contribution in [2.24, 2.45) is 0 Å². The van der Waals surface area contributed by atoms with Gasteiger partial charge in [0.1, 0.15) is 18.3 Å². The Bertz CT molecular complexity index is 2650. The number of hydrogen-bond donors (Lipinski definition) is 3. The third-order valence-corrected chi connectivity index (χ3v) is 10.1. The number of carbonyl (C=O) groups excluding carboxylic acids is 2. The number of aromatic amines is 1. The van der Waals surface area contributed by atoms with E-state index in [0.717, 1.165) is 24.3 Å². The maximum absolute atomic E-state index is 16.5. The van der Waals surface area contributed by atoms with Gasteiger partial charge in [-0.25, -0.2) is 22.0 Å². The third-order valence-electron chi connectivity index (χ3n) is 10.1. The summed E-state index contributed by atoms with van der Waals surface area (Å²) in [5.74, 6) is -6.69. The van der Waals surface area contributed by atoms with Gasteiger partial charge in [0.25, 0.3) is 11.8 Å². The van der Waals surface area contributed by atoms with E-state index in [2.05, 4.69) is 10.3 Å². The number of carbonyl (C=O) groups is 2. The molecule has 0 bridgehead atoms. The Morgan fingerprint density at radius 2 is 1.28 bits per heavy atom. The van der Waals surface area contributed by atoms with Gasteiger partial charge in [-0.15, -0.1) is 0 Å². The molecule has 4 heterocycles. The first-order valence-corrected chi connectivity index (χ1v) is 17.0. The number of H-pyrrole nitrogens is 1. The van der Waals surface area contributed by atoms with Gasteiger partial charge in [0.2, 0.25) is 0 Å². The largest absolute Gasteiger partial charge is 0.394 e. The number of rotatable bonds is 8. The minimum atomic E-state index is -1.95. The Morgan fingerprint density at radius 1 is 0.722 bits per heavy atom. The second kappa shape index (κ2) is 13.0. The molecule has 274 valence electrons. The van der Waals surface area contributed by atoms with Crippen molar-refractivity contribution in [3.63, 3.8) is 0 Å². The number of hydrogen-bond acceptors (Lipinski definition) is 6. The molecule has 2 amide bonds. The quantitative estimate of drug-likeness (QED) is 0.112. The van der Waals surface area contributed by atoms with Crippen LogP contribution in [0.1, 0.15) is 38.1 Å². The van der Waals surface area contributed by atoms with Crippen molar-refractivity contribution in [3.8, 4) is 0 Å². The molecule has 54 heavy (non-hydrogen) atoms. The van der Waals surface area contributed by atoms with Crippen molar-refractivity contribution < 1.29 is 50.9 Å². The Balaban J connectivity index is 1.36. The summed E-state index contributed by atoms with van der Waals surface area (Å²) in [4.78, 5) is 30.1. The van der Waals surface area contributed by atoms with Gasteiger partial charge in [0.05, 0.1) is 47.5 Å². The Hall–Kier alpha value is -5.67. The number of alkyl halides is 1. The third kappa shape index (κ3) is 5.28. The lowest BCUT2D eigenvalue weighted by atomic mass is 9.96. The number of aliphatic hydroxyl groups is 1. The number of nitrogens with zero attached hydrogens (tertiary/aromatic N) is 1. The van der Waals surface area contributed by atoms with Gasteiger partial charge in [0.15, 0.2) is 35.7 Å². The lowest BCUT2D eigenvalue weighted by Gasteiger charge is -2.44. The van der Waals surface area contributed by atoms with Crippen molar-refractivity contribution >= 4 is 55.4 Å². The van der Waals surface area contributed by atoms with Crippen molar-refractivity contribution in [1.82, 2.24) is 14.9 Å². The molecular weight excluding hydrogens is 713 g/mol. The fraction of sp³-hybridized carbons (Fsp3) is 0.200. The van der Waals surface area contributed by atoms with Gasteiger partial charge in [-0.3, -0.25) is 14.9 Å². The van der Waals surface area contributed by atoms with Crippen LogP contribution in [0.3, 0.4) is 0 Å². The molecule has 0 aliphatic carbocycles. The summed E-state index contributed by atoms with van der Waals surface area (Å²) in [6.45, 7) is -0.977. The average Bonchev–Trinajstić information content (AvgIpc) is 3.79. The molecule has 0 saturated carbocycles. The number of nitrogens with one attached hydrogen (secondary N) is 2. The van der Waals surface area contributed by atoms with Crippen LogP contribution in [-0.2, 0) is 27.4 Å². The van der Waals surface area contributed by atoms with E-state index in [-0.39, 0.29) is 68.0 Å². The van der Waals surface area contributed by atoms with Crippen molar-refractivity contribution in [2.75, 3.05) is 6.61 Å². The Labute approximate surface area is 301 Å². The van der Waals surface area contributed by atoms with Gasteiger partial charge in [-0.05, 0) is 23.3 Å². The summed E-state index contributed by atoms with van der Waals surface area (Å²) < 4.78 is 96.9. The summed E-state index contributed by atoms with van der Waals surface area (Å²) in [5, 5.41) is 12.7. The Morgan fingerprint density at radius 3 is 1.91 bits per heavy atom. The molecule has 0 spiro atoms. The predicted octanol–water partition coefficient (Wildman–Crippen LogP) is 7.27. The van der Waals surface area contributed by atoms with Crippen molar-refractivity contribution in [3.05, 3.63) is 130 Å². The lowest BCUT2D eigenvalue weighted by Crippen LogP contribution is -2.56. The number of halogens is 5. The topological polar surface area (TPSA) is 115 Å². The minimum absolute atomic E-state index is 0.0164. The smallest absolute Gasteiger partial charge is 0.259 e. The first kappa shape index (κ1) is 34.1. The standard InChI is InChI=1S/C40H28F5N3O6/c41-22-11-20-26(13-24(22)43)46-34-29(20)31-32(39(51)47-38(31)50)30-21-12-23(42)25(44)14-27(21)48(35(30)34)40-37(53-17-19-9-5-2-6-10-19)36(33(45)28(15-49)54-40)52-16-18-7-3-1-4-8-18/h1-14,28,33,36-37,40,46,49H,15-17H2,(H,47,50,51). The molecule has 3 N–H and O–H groups in total. The van der Waals surface area contributed by atoms with E-state index in [9.17, 15) is 23.5 Å². The number of aliphatic hydroxyl groups excluding tert-OH is 1. The number of aromatic nitrogens is 2. The summed E-state index contributed by atoms with van der Waals surface area (Å²) in [6, 6.07) is 21.4. The number of fused-ring (bicyclic) bond motifs is 10. The Kier molecular flexibility index (Phi) is 8.23. The molecule has 5 atom stereocenters. The second-order valence-corrected chi connectivity index (χ2v) is 13.3. The first-order valence-electron chi connectivity index (χ1n) is 17.0. The minimum Gasteiger partial charge on any atom is -0.394 e. The van der Waals surface area contributed by atoms with Gasteiger partial charge in [-0.1, -0.05) is 60.7 Å². The number of benzene rings is 5. The number of imide groups is 1. The van der Waals surface area contributed by atoms with Crippen LogP contribution in [0.2, 0.25) is 0 Å². The molecule has 2 aliphatic heterocycles. The predicted molar refractivity (Wildman–Crippen MR) is 186 cm³/mol. The average molecular weight is 742 g/mol. The monoisotopic (exact) mass is 741 g/mol. The summed E-state index contributed by atoms with van der Waals surface area (Å²) in [5.41, 5.74) is 1.06. The number of amides is 2. The first-order chi connectivity index (χ1) is 26.1. The highest BCUT2D eigenvalue weighted by molar-refractivity contribution is 6.39. The molecule has 0 radical (unpaired) electrons. The normalized spacial score (nSPS) is 21.5. The SMILES string of the molecule is O=C1NC(=O)c2c1c1c3cc(F)c(F)cc3[nH]c1c1c2c2cc(F)c(F)cc2n1C1OC(CO)C(F)C(OCc2ccccc2)C1OCc1ccccc1. The van der Waals surface area contributed by atoms with E-state index >= 15 is 13.2 Å². The molecule has 7 aromatic rings. The maximum Gasteiger partial charge on any atom is 0.259 e. The maximum atomic E-state index is 16.5. The summed E-state index contributed by atoms with van der Waals surface area (Å²) in [7, 11) is 0. The second-order valence-electron chi connectivity index (χ2n) is 13.3. The van der Waals surface area contributed by atoms with Crippen LogP contribution >= 0.6 is 0 Å². The van der Waals surface area contributed by atoms with Crippen LogP contribution in [-0.4, -0.2) is 57.6 Å². The fourth-order valence-electron chi connectivity index (χ4n) is 7.76. The zero-order valence-corrected chi connectivity index (χ0v) is 27.9. The van der Waals surface area contributed by atoms with Crippen molar-refractivity contribution in [1.29, 1.82) is 0 Å². The van der Waals surface area contributed by atoms with Crippen LogP contribution in [0.25, 0.3) is 43.6 Å². The molecular formula is C40H28F5N3O6. The van der Waals surface area contributed by atoms with Gasteiger partial charge < -0.3 is 28.9 Å². The molecule has 1 saturated heterocycles. The van der Waals surface area contributed by atoms with Crippen LogP contribution in [0.15, 0.2) is 84.9 Å². The van der Waals surface area contributed by atoms with E-state index < -0.39 is 72.4 Å². The molecule has 5 unspecified atom stereocenters. The highest BCUT2D eigenvalue weighted by atomic mass is 19.2. The molecule has 5 aromatic carbocycles. The van der Waals surface area contributed by atoms with Gasteiger partial charge >= 0.3 is 0 Å². The van der Waals surface area contributed by atoms with E-state index in [1.807, 2.05) is 6.07 Å². The molecule has 2 aromatic heterocycles. The van der Waals surface area contributed by atoms with Crippen molar-refractivity contribution in [2.45, 2.75) is 43.9 Å². The zero-order valence-electron chi connectivity index (χ0n) is 27.9. The summed E-state index contributed by atoms with van der Waals surface area (Å²) >= 11 is 0. The number of ether oxygens (including phenoxy) is 3. The molecule has 9 rings (SSSR count). The van der Waals surface area contributed by atoms with E-state index in [1.54, 1.807) is 54.6 Å². The van der Waals surface area contributed by atoms with Crippen LogP contribution in [0.4, 0.5) is 22.0 Å². The zero-order chi connectivity index (χ0) is 37.4. The van der Waals surface area contributed by atoms with Gasteiger partial charge in [0, 0.05) is 39.2 Å². The van der Waals surface area contributed by atoms with E-state index in [4.69, 9.17) is 14.2 Å². The molecule has 1 fully saturated rings. The van der Waals surface area contributed by atoms with E-state index in [0.29, 0.717) is 11.1 Å².